The van der Waals surface area contributed by atoms with Crippen molar-refractivity contribution in [2.24, 2.45) is 5.92 Å². The van der Waals surface area contributed by atoms with Gasteiger partial charge in [0.05, 0.1) is 17.8 Å². The van der Waals surface area contributed by atoms with Crippen LogP contribution in [0.2, 0.25) is 0 Å². The molecule has 2 aliphatic heterocycles. The molecule has 1 aliphatic carbocycles. The van der Waals surface area contributed by atoms with Crippen molar-refractivity contribution < 1.29 is 9.53 Å². The Kier molecular flexibility index (Phi) is 3.10. The minimum absolute atomic E-state index is 0.182. The molecule has 2 unspecified atom stereocenters. The molecule has 0 aromatic rings. The van der Waals surface area contributed by atoms with Gasteiger partial charge in [0.1, 0.15) is 0 Å². The Morgan fingerprint density at radius 1 is 1.50 bits per heavy atom. The van der Waals surface area contributed by atoms with E-state index in [0.717, 1.165) is 45.3 Å². The molecule has 0 bridgehead atoms. The first kappa shape index (κ1) is 12.4. The predicted molar refractivity (Wildman–Crippen MR) is 69.0 cm³/mol. The molecule has 2 saturated heterocycles. The van der Waals surface area contributed by atoms with Crippen LogP contribution in [0.5, 0.6) is 0 Å². The first-order valence-electron chi connectivity index (χ1n) is 7.31. The van der Waals surface area contributed by atoms with E-state index in [1.807, 2.05) is 0 Å². The maximum atomic E-state index is 12.5. The molecule has 1 saturated carbocycles. The minimum Gasteiger partial charge on any atom is -0.376 e. The SMILES string of the molecule is CC(C)CC1NC2(CC2)C(=O)N1CC1CCCO1. The highest BCUT2D eigenvalue weighted by Gasteiger charge is 2.59. The number of nitrogens with zero attached hydrogens (tertiary/aromatic N) is 1. The van der Waals surface area contributed by atoms with Crippen molar-refractivity contribution in [2.75, 3.05) is 13.2 Å². The third-order valence-electron chi connectivity index (χ3n) is 4.36. The maximum Gasteiger partial charge on any atom is 0.244 e. The average molecular weight is 252 g/mol. The molecule has 1 amide bonds. The number of nitrogens with one attached hydrogen (secondary N) is 1. The van der Waals surface area contributed by atoms with E-state index in [-0.39, 0.29) is 17.8 Å². The third-order valence-corrected chi connectivity index (χ3v) is 4.36. The van der Waals surface area contributed by atoms with Gasteiger partial charge in [0.2, 0.25) is 5.91 Å². The fourth-order valence-electron chi connectivity index (χ4n) is 3.21. The number of carbonyl (C=O) groups excluding carboxylic acids is 1. The van der Waals surface area contributed by atoms with E-state index in [4.69, 9.17) is 4.74 Å². The van der Waals surface area contributed by atoms with Gasteiger partial charge in [0.15, 0.2) is 0 Å². The molecule has 4 nitrogen and oxygen atoms in total. The lowest BCUT2D eigenvalue weighted by Gasteiger charge is -2.27. The van der Waals surface area contributed by atoms with Crippen LogP contribution in [0.1, 0.15) is 46.0 Å². The van der Waals surface area contributed by atoms with Gasteiger partial charge < -0.3 is 9.64 Å². The van der Waals surface area contributed by atoms with Gasteiger partial charge in [-0.25, -0.2) is 0 Å². The van der Waals surface area contributed by atoms with E-state index in [1.165, 1.54) is 0 Å². The van der Waals surface area contributed by atoms with Gasteiger partial charge in [-0.2, -0.15) is 0 Å². The summed E-state index contributed by atoms with van der Waals surface area (Å²) >= 11 is 0. The lowest BCUT2D eigenvalue weighted by Crippen LogP contribution is -2.42. The van der Waals surface area contributed by atoms with Crippen molar-refractivity contribution in [3.05, 3.63) is 0 Å². The topological polar surface area (TPSA) is 41.6 Å². The number of carbonyl (C=O) groups is 1. The molecule has 0 aromatic carbocycles. The largest absolute Gasteiger partial charge is 0.376 e. The van der Waals surface area contributed by atoms with Crippen molar-refractivity contribution in [3.8, 4) is 0 Å². The summed E-state index contributed by atoms with van der Waals surface area (Å²) in [6, 6.07) is 0. The number of ether oxygens (including phenoxy) is 1. The molecule has 3 fully saturated rings. The van der Waals surface area contributed by atoms with Gasteiger partial charge in [-0.3, -0.25) is 10.1 Å². The zero-order chi connectivity index (χ0) is 12.8. The van der Waals surface area contributed by atoms with Crippen LogP contribution in [0.25, 0.3) is 0 Å². The van der Waals surface area contributed by atoms with Crippen molar-refractivity contribution >= 4 is 5.91 Å². The quantitative estimate of drug-likeness (QED) is 0.824. The van der Waals surface area contributed by atoms with E-state index in [2.05, 4.69) is 24.1 Å². The maximum absolute atomic E-state index is 12.5. The van der Waals surface area contributed by atoms with Gasteiger partial charge in [0, 0.05) is 13.2 Å². The summed E-state index contributed by atoms with van der Waals surface area (Å²) in [6.45, 7) is 6.08. The normalized spacial score (nSPS) is 33.9. The summed E-state index contributed by atoms with van der Waals surface area (Å²) in [5.74, 6) is 0.930. The molecule has 3 aliphatic rings. The van der Waals surface area contributed by atoms with Crippen LogP contribution in [-0.2, 0) is 9.53 Å². The number of hydrogen-bond acceptors (Lipinski definition) is 3. The second kappa shape index (κ2) is 4.49. The smallest absolute Gasteiger partial charge is 0.244 e. The summed E-state index contributed by atoms with van der Waals surface area (Å²) in [5, 5.41) is 3.57. The van der Waals surface area contributed by atoms with Gasteiger partial charge in [0.25, 0.3) is 0 Å². The number of hydrogen-bond donors (Lipinski definition) is 1. The Bertz CT molecular complexity index is 333. The highest BCUT2D eigenvalue weighted by Crippen LogP contribution is 2.43. The average Bonchev–Trinajstić information content (AvgIpc) is 2.82. The summed E-state index contributed by atoms with van der Waals surface area (Å²) < 4.78 is 5.68. The monoisotopic (exact) mass is 252 g/mol. The Morgan fingerprint density at radius 2 is 2.28 bits per heavy atom. The molecule has 4 heteroatoms. The van der Waals surface area contributed by atoms with Crippen LogP contribution in [0.15, 0.2) is 0 Å². The highest BCUT2D eigenvalue weighted by atomic mass is 16.5. The standard InChI is InChI=1S/C14H24N2O2/c1-10(2)8-12-15-14(5-6-14)13(17)16(12)9-11-4-3-7-18-11/h10-12,15H,3-9H2,1-2H3. The molecule has 2 heterocycles. The lowest BCUT2D eigenvalue weighted by atomic mass is 10.1. The van der Waals surface area contributed by atoms with Gasteiger partial charge in [-0.1, -0.05) is 13.8 Å². The second-order valence-electron chi connectivity index (χ2n) is 6.46. The van der Waals surface area contributed by atoms with Crippen LogP contribution < -0.4 is 5.32 Å². The van der Waals surface area contributed by atoms with Crippen LogP contribution in [0.4, 0.5) is 0 Å². The first-order chi connectivity index (χ1) is 8.61. The molecule has 0 radical (unpaired) electrons. The highest BCUT2D eigenvalue weighted by molar-refractivity contribution is 5.91. The van der Waals surface area contributed by atoms with Crippen molar-refractivity contribution in [1.82, 2.24) is 10.2 Å². The van der Waals surface area contributed by atoms with Crippen LogP contribution in [-0.4, -0.2) is 41.8 Å². The van der Waals surface area contributed by atoms with Crippen LogP contribution in [0.3, 0.4) is 0 Å². The summed E-state index contributed by atoms with van der Waals surface area (Å²) in [7, 11) is 0. The van der Waals surface area contributed by atoms with Crippen molar-refractivity contribution in [2.45, 2.75) is 63.8 Å². The molecule has 102 valence electrons. The summed E-state index contributed by atoms with van der Waals surface area (Å²) in [4.78, 5) is 14.5. The van der Waals surface area contributed by atoms with Crippen molar-refractivity contribution in [1.29, 1.82) is 0 Å². The molecule has 18 heavy (non-hydrogen) atoms. The number of amides is 1. The Hall–Kier alpha value is -0.610. The Morgan fingerprint density at radius 3 is 2.83 bits per heavy atom. The van der Waals surface area contributed by atoms with E-state index < -0.39 is 0 Å². The van der Waals surface area contributed by atoms with Crippen LogP contribution >= 0.6 is 0 Å². The second-order valence-corrected chi connectivity index (χ2v) is 6.46. The zero-order valence-electron chi connectivity index (χ0n) is 11.4. The summed E-state index contributed by atoms with van der Waals surface area (Å²) in [5.41, 5.74) is -0.182. The molecule has 1 spiro atoms. The third kappa shape index (κ3) is 2.16. The molecule has 0 aromatic heterocycles. The Labute approximate surface area is 109 Å². The Balaban J connectivity index is 1.68. The molecule has 3 rings (SSSR count). The molecular weight excluding hydrogens is 228 g/mol. The minimum atomic E-state index is -0.182. The van der Waals surface area contributed by atoms with Crippen molar-refractivity contribution in [3.63, 3.8) is 0 Å². The zero-order valence-corrected chi connectivity index (χ0v) is 11.4. The van der Waals surface area contributed by atoms with Gasteiger partial charge in [-0.15, -0.1) is 0 Å². The first-order valence-corrected chi connectivity index (χ1v) is 7.31. The van der Waals surface area contributed by atoms with Gasteiger partial charge >= 0.3 is 0 Å². The van der Waals surface area contributed by atoms with Crippen LogP contribution in [0, 0.1) is 5.92 Å². The fraction of sp³-hybridized carbons (Fsp3) is 0.929. The number of rotatable bonds is 4. The van der Waals surface area contributed by atoms with E-state index >= 15 is 0 Å². The molecular formula is C14H24N2O2. The fourth-order valence-corrected chi connectivity index (χ4v) is 3.21. The molecule has 1 N–H and O–H groups in total. The lowest BCUT2D eigenvalue weighted by molar-refractivity contribution is -0.132. The van der Waals surface area contributed by atoms with E-state index in [0.29, 0.717) is 11.8 Å². The van der Waals surface area contributed by atoms with E-state index in [9.17, 15) is 4.79 Å². The van der Waals surface area contributed by atoms with E-state index in [1.54, 1.807) is 0 Å². The molecule has 2 atom stereocenters. The predicted octanol–water partition coefficient (Wildman–Crippen LogP) is 1.50. The summed E-state index contributed by atoms with van der Waals surface area (Å²) in [6.07, 6.45) is 5.81. The van der Waals surface area contributed by atoms with Gasteiger partial charge in [-0.05, 0) is 38.0 Å².